The van der Waals surface area contributed by atoms with E-state index in [0.29, 0.717) is 6.04 Å². The molecule has 0 spiro atoms. The van der Waals surface area contributed by atoms with Gasteiger partial charge in [0.15, 0.2) is 0 Å². The van der Waals surface area contributed by atoms with Crippen molar-refractivity contribution in [2.75, 3.05) is 0 Å². The normalized spacial score (nSPS) is 12.7. The Morgan fingerprint density at radius 1 is 0.840 bits per heavy atom. The number of hydrogen-bond donors (Lipinski definition) is 1. The third-order valence-electron chi connectivity index (χ3n) is 5.06. The van der Waals surface area contributed by atoms with Crippen LogP contribution < -0.4 is 5.32 Å². The Morgan fingerprint density at radius 3 is 2.36 bits per heavy atom. The number of para-hydroxylation sites is 1. The van der Waals surface area contributed by atoms with Gasteiger partial charge in [-0.3, -0.25) is 0 Å². The summed E-state index contributed by atoms with van der Waals surface area (Å²) in [6, 6.07) is 26.5. The molecule has 126 valence electrons. The van der Waals surface area contributed by atoms with E-state index in [1.54, 1.807) is 0 Å². The first-order valence-corrected chi connectivity index (χ1v) is 9.06. The molecule has 4 rings (SSSR count). The molecule has 4 aromatic rings. The maximum Gasteiger partial charge on any atom is 0.0491 e. The van der Waals surface area contributed by atoms with E-state index in [9.17, 15) is 0 Å². The van der Waals surface area contributed by atoms with Gasteiger partial charge in [0.2, 0.25) is 0 Å². The predicted molar refractivity (Wildman–Crippen MR) is 107 cm³/mol. The third kappa shape index (κ3) is 2.94. The molecule has 0 fully saturated rings. The van der Waals surface area contributed by atoms with Crippen LogP contribution in [0.4, 0.5) is 0 Å². The lowest BCUT2D eigenvalue weighted by atomic mass is 10.1. The van der Waals surface area contributed by atoms with Crippen molar-refractivity contribution in [2.24, 2.45) is 0 Å². The van der Waals surface area contributed by atoms with Crippen LogP contribution in [0.1, 0.15) is 31.0 Å². The van der Waals surface area contributed by atoms with E-state index in [-0.39, 0.29) is 0 Å². The standard InChI is InChI=1S/C23H24N2/c1-3-25-22-12-8-7-11-20(22)21-15-18(13-14-23(21)25)16-24-17(2)19-9-5-4-6-10-19/h4-15,17,24H,3,16H2,1-2H3/t17-/m1/s1. The highest BCUT2D eigenvalue weighted by Gasteiger charge is 2.10. The minimum Gasteiger partial charge on any atom is -0.341 e. The van der Waals surface area contributed by atoms with E-state index in [1.807, 2.05) is 0 Å². The van der Waals surface area contributed by atoms with Gasteiger partial charge in [-0.25, -0.2) is 0 Å². The lowest BCUT2D eigenvalue weighted by Gasteiger charge is -2.14. The molecule has 0 bridgehead atoms. The summed E-state index contributed by atoms with van der Waals surface area (Å²) in [6.07, 6.45) is 0. The van der Waals surface area contributed by atoms with Gasteiger partial charge in [0, 0.05) is 40.9 Å². The summed E-state index contributed by atoms with van der Waals surface area (Å²) in [6.45, 7) is 6.30. The van der Waals surface area contributed by atoms with E-state index < -0.39 is 0 Å². The molecule has 0 unspecified atom stereocenters. The Balaban J connectivity index is 1.64. The molecular weight excluding hydrogens is 304 g/mol. The first kappa shape index (κ1) is 15.9. The molecule has 25 heavy (non-hydrogen) atoms. The highest BCUT2D eigenvalue weighted by atomic mass is 15.0. The van der Waals surface area contributed by atoms with E-state index >= 15 is 0 Å². The van der Waals surface area contributed by atoms with Gasteiger partial charge < -0.3 is 9.88 Å². The molecule has 0 aliphatic rings. The summed E-state index contributed by atoms with van der Waals surface area (Å²) >= 11 is 0. The Bertz CT molecular complexity index is 999. The van der Waals surface area contributed by atoms with Crippen molar-refractivity contribution in [1.82, 2.24) is 9.88 Å². The minimum atomic E-state index is 0.342. The summed E-state index contributed by atoms with van der Waals surface area (Å²) in [5.41, 5.74) is 5.30. The molecule has 0 aliphatic heterocycles. The van der Waals surface area contributed by atoms with Crippen molar-refractivity contribution in [3.8, 4) is 0 Å². The first-order chi connectivity index (χ1) is 12.3. The van der Waals surface area contributed by atoms with E-state index in [4.69, 9.17) is 0 Å². The molecule has 0 aliphatic carbocycles. The summed E-state index contributed by atoms with van der Waals surface area (Å²) in [5, 5.41) is 6.34. The van der Waals surface area contributed by atoms with Crippen molar-refractivity contribution < 1.29 is 0 Å². The second-order valence-corrected chi connectivity index (χ2v) is 6.63. The fourth-order valence-electron chi connectivity index (χ4n) is 3.68. The van der Waals surface area contributed by atoms with Crippen LogP contribution in [0.25, 0.3) is 21.8 Å². The zero-order valence-electron chi connectivity index (χ0n) is 14.9. The fourth-order valence-corrected chi connectivity index (χ4v) is 3.68. The molecular formula is C23H24N2. The third-order valence-corrected chi connectivity index (χ3v) is 5.06. The van der Waals surface area contributed by atoms with Crippen LogP contribution in [-0.4, -0.2) is 4.57 Å². The highest BCUT2D eigenvalue weighted by Crippen LogP contribution is 2.29. The second-order valence-electron chi connectivity index (χ2n) is 6.63. The van der Waals surface area contributed by atoms with Crippen LogP contribution in [0.5, 0.6) is 0 Å². The maximum atomic E-state index is 3.64. The van der Waals surface area contributed by atoms with Gasteiger partial charge in [0.25, 0.3) is 0 Å². The van der Waals surface area contributed by atoms with Crippen molar-refractivity contribution >= 4 is 21.8 Å². The smallest absolute Gasteiger partial charge is 0.0491 e. The van der Waals surface area contributed by atoms with Crippen LogP contribution in [0, 0.1) is 0 Å². The van der Waals surface area contributed by atoms with Gasteiger partial charge >= 0.3 is 0 Å². The molecule has 0 radical (unpaired) electrons. The number of nitrogens with zero attached hydrogens (tertiary/aromatic N) is 1. The molecule has 0 saturated heterocycles. The number of fused-ring (bicyclic) bond motifs is 3. The summed E-state index contributed by atoms with van der Waals surface area (Å²) in [7, 11) is 0. The van der Waals surface area contributed by atoms with E-state index in [2.05, 4.69) is 96.5 Å². The molecule has 2 heteroatoms. The molecule has 3 aromatic carbocycles. The Kier molecular flexibility index (Phi) is 4.29. The van der Waals surface area contributed by atoms with Crippen LogP contribution in [0.3, 0.4) is 0 Å². The van der Waals surface area contributed by atoms with Gasteiger partial charge in [-0.2, -0.15) is 0 Å². The van der Waals surface area contributed by atoms with Crippen LogP contribution in [0.2, 0.25) is 0 Å². The number of aryl methyl sites for hydroxylation is 1. The summed E-state index contributed by atoms with van der Waals surface area (Å²) < 4.78 is 2.40. The van der Waals surface area contributed by atoms with Gasteiger partial charge in [-0.1, -0.05) is 54.6 Å². The van der Waals surface area contributed by atoms with Crippen LogP contribution in [-0.2, 0) is 13.1 Å². The zero-order valence-corrected chi connectivity index (χ0v) is 14.9. The van der Waals surface area contributed by atoms with Crippen molar-refractivity contribution in [2.45, 2.75) is 33.0 Å². The maximum absolute atomic E-state index is 3.64. The SMILES string of the molecule is CCn1c2ccccc2c2cc(CN[C@H](C)c3ccccc3)ccc21. The van der Waals surface area contributed by atoms with Gasteiger partial charge in [0.1, 0.15) is 0 Å². The average molecular weight is 328 g/mol. The van der Waals surface area contributed by atoms with Gasteiger partial charge in [-0.15, -0.1) is 0 Å². The Hall–Kier alpha value is -2.58. The number of rotatable bonds is 5. The molecule has 1 atom stereocenters. The lowest BCUT2D eigenvalue weighted by molar-refractivity contribution is 0.575. The monoisotopic (exact) mass is 328 g/mol. The number of nitrogens with one attached hydrogen (secondary N) is 1. The van der Waals surface area contributed by atoms with Crippen LogP contribution in [0.15, 0.2) is 72.8 Å². The van der Waals surface area contributed by atoms with E-state index in [1.165, 1.54) is 32.9 Å². The molecule has 0 amide bonds. The molecule has 1 N–H and O–H groups in total. The van der Waals surface area contributed by atoms with E-state index in [0.717, 1.165) is 13.1 Å². The number of aromatic nitrogens is 1. The molecule has 0 saturated carbocycles. The molecule has 1 heterocycles. The quantitative estimate of drug-likeness (QED) is 0.500. The largest absolute Gasteiger partial charge is 0.341 e. The number of hydrogen-bond acceptors (Lipinski definition) is 1. The fraction of sp³-hybridized carbons (Fsp3) is 0.217. The van der Waals surface area contributed by atoms with Crippen LogP contribution >= 0.6 is 0 Å². The van der Waals surface area contributed by atoms with Crippen molar-refractivity contribution in [3.63, 3.8) is 0 Å². The highest BCUT2D eigenvalue weighted by molar-refractivity contribution is 6.08. The first-order valence-electron chi connectivity index (χ1n) is 9.06. The van der Waals surface area contributed by atoms with Crippen molar-refractivity contribution in [3.05, 3.63) is 83.9 Å². The Morgan fingerprint density at radius 2 is 1.56 bits per heavy atom. The zero-order chi connectivity index (χ0) is 17.2. The molecule has 2 nitrogen and oxygen atoms in total. The Labute approximate surface area is 149 Å². The summed E-state index contributed by atoms with van der Waals surface area (Å²) in [5.74, 6) is 0. The topological polar surface area (TPSA) is 17.0 Å². The number of benzene rings is 3. The average Bonchev–Trinajstić information content (AvgIpc) is 3.00. The summed E-state index contributed by atoms with van der Waals surface area (Å²) in [4.78, 5) is 0. The van der Waals surface area contributed by atoms with Gasteiger partial charge in [0.05, 0.1) is 0 Å². The second kappa shape index (κ2) is 6.73. The lowest BCUT2D eigenvalue weighted by Crippen LogP contribution is -2.17. The minimum absolute atomic E-state index is 0.342. The molecule has 1 aromatic heterocycles. The van der Waals surface area contributed by atoms with Gasteiger partial charge in [-0.05, 0) is 43.2 Å². The predicted octanol–water partition coefficient (Wildman–Crippen LogP) is 5.67. The van der Waals surface area contributed by atoms with Crippen molar-refractivity contribution in [1.29, 1.82) is 0 Å².